The van der Waals surface area contributed by atoms with Gasteiger partial charge >= 0.3 is 0 Å². The van der Waals surface area contributed by atoms with Crippen LogP contribution < -0.4 is 5.32 Å². The highest BCUT2D eigenvalue weighted by Gasteiger charge is 2.20. The quantitative estimate of drug-likeness (QED) is 0.659. The van der Waals surface area contributed by atoms with E-state index >= 15 is 0 Å². The lowest BCUT2D eigenvalue weighted by molar-refractivity contribution is 0.317. The van der Waals surface area contributed by atoms with Crippen LogP contribution in [-0.2, 0) is 6.42 Å². The van der Waals surface area contributed by atoms with Crippen molar-refractivity contribution in [2.24, 2.45) is 5.92 Å². The largest absolute Gasteiger partial charge is 0.314 e. The van der Waals surface area contributed by atoms with Gasteiger partial charge in [-0.2, -0.15) is 0 Å². The van der Waals surface area contributed by atoms with Crippen molar-refractivity contribution in [1.29, 1.82) is 0 Å². The molecule has 1 rings (SSSR count). The molecule has 0 aliphatic carbocycles. The van der Waals surface area contributed by atoms with Crippen molar-refractivity contribution in [3.63, 3.8) is 0 Å². The number of likely N-dealkylation sites (N-methyl/N-ethyl adjacent to an activating group) is 1. The van der Waals surface area contributed by atoms with E-state index in [-0.39, 0.29) is 5.82 Å². The number of unbranched alkanes of at least 4 members (excludes halogenated alkanes) is 1. The molecular weight excluding hydrogens is 273 g/mol. The molecule has 0 aromatic heterocycles. The highest BCUT2D eigenvalue weighted by Crippen LogP contribution is 2.22. The van der Waals surface area contributed by atoms with Crippen LogP contribution in [0.3, 0.4) is 0 Å². The van der Waals surface area contributed by atoms with E-state index in [0.29, 0.717) is 17.0 Å². The molecule has 2 atom stereocenters. The van der Waals surface area contributed by atoms with E-state index in [1.54, 1.807) is 6.07 Å². The van der Waals surface area contributed by atoms with E-state index in [4.69, 9.17) is 11.6 Å². The Morgan fingerprint density at radius 1 is 1.25 bits per heavy atom. The molecule has 0 aliphatic heterocycles. The third kappa shape index (κ3) is 5.41. The Morgan fingerprint density at radius 3 is 2.55 bits per heavy atom. The van der Waals surface area contributed by atoms with Crippen LogP contribution in [0.5, 0.6) is 0 Å². The van der Waals surface area contributed by atoms with Crippen LogP contribution in [0.15, 0.2) is 18.2 Å². The Labute approximate surface area is 127 Å². The van der Waals surface area contributed by atoms with Crippen LogP contribution in [-0.4, -0.2) is 12.6 Å². The molecule has 0 saturated carbocycles. The molecule has 0 amide bonds. The summed E-state index contributed by atoms with van der Waals surface area (Å²) in [5.41, 5.74) is 0.760. The fraction of sp³-hybridized carbons (Fsp3) is 0.647. The Bertz CT molecular complexity index is 395. The van der Waals surface area contributed by atoms with Gasteiger partial charge in [-0.1, -0.05) is 57.7 Å². The second-order valence-corrected chi connectivity index (χ2v) is 5.85. The zero-order chi connectivity index (χ0) is 15.0. The van der Waals surface area contributed by atoms with Crippen LogP contribution in [0.1, 0.15) is 52.0 Å². The van der Waals surface area contributed by atoms with Gasteiger partial charge in [0.25, 0.3) is 0 Å². The zero-order valence-corrected chi connectivity index (χ0v) is 13.6. The van der Waals surface area contributed by atoms with Gasteiger partial charge in [0.1, 0.15) is 5.82 Å². The van der Waals surface area contributed by atoms with Gasteiger partial charge < -0.3 is 5.32 Å². The summed E-state index contributed by atoms with van der Waals surface area (Å²) in [6.45, 7) is 7.47. The lowest BCUT2D eigenvalue weighted by Gasteiger charge is -2.27. The maximum absolute atomic E-state index is 14.0. The first-order chi connectivity index (χ1) is 9.62. The standard InChI is InChI=1S/C17H27ClFN/c1-4-7-8-13(5-2)17(20-6-3)11-14-9-10-15(18)12-16(14)19/h9-10,12-13,17,20H,4-8,11H2,1-3H3. The average Bonchev–Trinajstić information content (AvgIpc) is 2.42. The molecule has 114 valence electrons. The van der Waals surface area contributed by atoms with Crippen molar-refractivity contribution in [3.05, 3.63) is 34.6 Å². The van der Waals surface area contributed by atoms with Gasteiger partial charge in [-0.05, 0) is 43.0 Å². The number of benzene rings is 1. The number of rotatable bonds is 9. The SMILES string of the molecule is CCCCC(CC)C(Cc1ccc(Cl)cc1F)NCC. The molecule has 0 spiro atoms. The predicted octanol–water partition coefficient (Wildman–Crippen LogP) is 5.22. The van der Waals surface area contributed by atoms with Gasteiger partial charge in [-0.3, -0.25) is 0 Å². The fourth-order valence-electron chi connectivity index (χ4n) is 2.75. The summed E-state index contributed by atoms with van der Waals surface area (Å²) in [6.07, 6.45) is 5.53. The first-order valence-electron chi connectivity index (χ1n) is 7.79. The summed E-state index contributed by atoms with van der Waals surface area (Å²) >= 11 is 5.82. The molecule has 2 unspecified atom stereocenters. The van der Waals surface area contributed by atoms with Crippen molar-refractivity contribution in [3.8, 4) is 0 Å². The third-order valence-corrected chi connectivity index (χ3v) is 4.18. The van der Waals surface area contributed by atoms with E-state index in [1.807, 2.05) is 6.07 Å². The first-order valence-corrected chi connectivity index (χ1v) is 8.17. The van der Waals surface area contributed by atoms with Crippen LogP contribution in [0.4, 0.5) is 4.39 Å². The summed E-state index contributed by atoms with van der Waals surface area (Å²) in [7, 11) is 0. The predicted molar refractivity (Wildman–Crippen MR) is 85.9 cm³/mol. The van der Waals surface area contributed by atoms with E-state index in [1.165, 1.54) is 25.3 Å². The first kappa shape index (κ1) is 17.5. The molecule has 1 N–H and O–H groups in total. The maximum Gasteiger partial charge on any atom is 0.127 e. The van der Waals surface area contributed by atoms with E-state index in [0.717, 1.165) is 24.9 Å². The topological polar surface area (TPSA) is 12.0 Å². The van der Waals surface area contributed by atoms with Crippen molar-refractivity contribution in [2.75, 3.05) is 6.54 Å². The van der Waals surface area contributed by atoms with Gasteiger partial charge in [0, 0.05) is 11.1 Å². The minimum Gasteiger partial charge on any atom is -0.314 e. The summed E-state index contributed by atoms with van der Waals surface area (Å²) in [6, 6.07) is 5.34. The molecule has 1 nitrogen and oxygen atoms in total. The zero-order valence-electron chi connectivity index (χ0n) is 12.9. The summed E-state index contributed by atoms with van der Waals surface area (Å²) in [5, 5.41) is 4.00. The molecule has 20 heavy (non-hydrogen) atoms. The lowest BCUT2D eigenvalue weighted by Crippen LogP contribution is -2.38. The van der Waals surface area contributed by atoms with Gasteiger partial charge in [-0.25, -0.2) is 4.39 Å². The normalized spacial score (nSPS) is 14.2. The minimum absolute atomic E-state index is 0.189. The highest BCUT2D eigenvalue weighted by molar-refractivity contribution is 6.30. The van der Waals surface area contributed by atoms with Gasteiger partial charge in [0.15, 0.2) is 0 Å². The molecule has 0 heterocycles. The van der Waals surface area contributed by atoms with E-state index in [2.05, 4.69) is 26.1 Å². The fourth-order valence-corrected chi connectivity index (χ4v) is 2.91. The smallest absolute Gasteiger partial charge is 0.127 e. The van der Waals surface area contributed by atoms with Gasteiger partial charge in [0.05, 0.1) is 0 Å². The Morgan fingerprint density at radius 2 is 2.00 bits per heavy atom. The molecule has 0 aliphatic rings. The summed E-state index contributed by atoms with van der Waals surface area (Å²) in [4.78, 5) is 0. The molecule has 0 fully saturated rings. The Kier molecular flexibility index (Phi) is 8.16. The second kappa shape index (κ2) is 9.36. The number of hydrogen-bond acceptors (Lipinski definition) is 1. The summed E-state index contributed by atoms with van der Waals surface area (Å²) in [5.74, 6) is 0.413. The van der Waals surface area contributed by atoms with Crippen LogP contribution >= 0.6 is 11.6 Å². The maximum atomic E-state index is 14.0. The molecule has 1 aromatic rings. The molecule has 0 bridgehead atoms. The summed E-state index contributed by atoms with van der Waals surface area (Å²) < 4.78 is 14.0. The highest BCUT2D eigenvalue weighted by atomic mass is 35.5. The van der Waals surface area contributed by atoms with Crippen LogP contribution in [0.2, 0.25) is 5.02 Å². The minimum atomic E-state index is -0.189. The van der Waals surface area contributed by atoms with Crippen molar-refractivity contribution in [1.82, 2.24) is 5.32 Å². The van der Waals surface area contributed by atoms with Crippen LogP contribution in [0.25, 0.3) is 0 Å². The molecule has 1 aromatic carbocycles. The lowest BCUT2D eigenvalue weighted by atomic mass is 9.87. The average molecular weight is 300 g/mol. The Hall–Kier alpha value is -0.600. The van der Waals surface area contributed by atoms with Crippen LogP contribution in [0, 0.1) is 11.7 Å². The van der Waals surface area contributed by atoms with Gasteiger partial charge in [-0.15, -0.1) is 0 Å². The molecule has 3 heteroatoms. The van der Waals surface area contributed by atoms with Crippen molar-refractivity contribution in [2.45, 2.75) is 58.9 Å². The number of nitrogens with one attached hydrogen (secondary N) is 1. The molecule has 0 saturated heterocycles. The second-order valence-electron chi connectivity index (χ2n) is 5.41. The van der Waals surface area contributed by atoms with E-state index < -0.39 is 0 Å². The molecule has 0 radical (unpaired) electrons. The Balaban J connectivity index is 2.78. The molecular formula is C17H27ClFN. The number of halogens is 2. The monoisotopic (exact) mass is 299 g/mol. The van der Waals surface area contributed by atoms with E-state index in [9.17, 15) is 4.39 Å². The van der Waals surface area contributed by atoms with Crippen molar-refractivity contribution >= 4 is 11.6 Å². The van der Waals surface area contributed by atoms with Gasteiger partial charge in [0.2, 0.25) is 0 Å². The third-order valence-electron chi connectivity index (χ3n) is 3.94. The number of hydrogen-bond donors (Lipinski definition) is 1. The van der Waals surface area contributed by atoms with Crippen molar-refractivity contribution < 1.29 is 4.39 Å².